The summed E-state index contributed by atoms with van der Waals surface area (Å²) >= 11 is 1.24. The number of nitrogens with one attached hydrogen (secondary N) is 2. The molecule has 1 atom stereocenters. The molecule has 8 heteroatoms. The van der Waals surface area contributed by atoms with Crippen molar-refractivity contribution < 1.29 is 19.1 Å². The molecule has 3 rings (SSSR count). The lowest BCUT2D eigenvalue weighted by atomic mass is 10.2. The number of benzene rings is 2. The van der Waals surface area contributed by atoms with Crippen LogP contribution in [0.25, 0.3) is 0 Å². The number of amidine groups is 1. The normalized spacial score (nSPS) is 17.1. The van der Waals surface area contributed by atoms with Gasteiger partial charge in [-0.15, -0.1) is 0 Å². The molecular weight excluding hydrogens is 390 g/mol. The quantitative estimate of drug-likeness (QED) is 0.710. The first kappa shape index (κ1) is 20.6. The van der Waals surface area contributed by atoms with Gasteiger partial charge in [-0.05, 0) is 50.2 Å². The van der Waals surface area contributed by atoms with Crippen molar-refractivity contribution >= 4 is 46.1 Å². The Balaban J connectivity index is 1.56. The molecule has 0 radical (unpaired) electrons. The van der Waals surface area contributed by atoms with Crippen molar-refractivity contribution in [3.8, 4) is 0 Å². The second kappa shape index (κ2) is 9.38. The summed E-state index contributed by atoms with van der Waals surface area (Å²) in [5.74, 6) is -0.948. The summed E-state index contributed by atoms with van der Waals surface area (Å²) < 4.78 is 4.92. The van der Waals surface area contributed by atoms with E-state index in [1.165, 1.54) is 11.8 Å². The van der Waals surface area contributed by atoms with Gasteiger partial charge in [0.1, 0.15) is 5.25 Å². The Labute approximate surface area is 172 Å². The molecule has 0 saturated carbocycles. The molecule has 7 nitrogen and oxygen atoms in total. The summed E-state index contributed by atoms with van der Waals surface area (Å²) in [5.41, 5.74) is 2.82. The number of nitrogens with zero attached hydrogens (tertiary/aromatic N) is 1. The molecule has 0 spiro atoms. The summed E-state index contributed by atoms with van der Waals surface area (Å²) in [6.45, 7) is 4.02. The van der Waals surface area contributed by atoms with Crippen LogP contribution in [0.2, 0.25) is 0 Å². The summed E-state index contributed by atoms with van der Waals surface area (Å²) in [6, 6.07) is 14.0. The monoisotopic (exact) mass is 411 g/mol. The Morgan fingerprint density at radius 2 is 1.83 bits per heavy atom. The van der Waals surface area contributed by atoms with Gasteiger partial charge in [-0.25, -0.2) is 9.79 Å². The lowest BCUT2D eigenvalue weighted by molar-refractivity contribution is -0.122. The fourth-order valence-electron chi connectivity index (χ4n) is 2.61. The summed E-state index contributed by atoms with van der Waals surface area (Å²) in [4.78, 5) is 40.5. The van der Waals surface area contributed by atoms with Crippen LogP contribution in [0.5, 0.6) is 0 Å². The van der Waals surface area contributed by atoms with Gasteiger partial charge in [0.25, 0.3) is 0 Å². The molecule has 29 heavy (non-hydrogen) atoms. The Kier molecular flexibility index (Phi) is 6.66. The van der Waals surface area contributed by atoms with Gasteiger partial charge < -0.3 is 15.4 Å². The number of anilines is 1. The third-order valence-corrected chi connectivity index (χ3v) is 5.17. The van der Waals surface area contributed by atoms with Crippen molar-refractivity contribution in [3.63, 3.8) is 0 Å². The molecule has 0 aromatic heterocycles. The molecule has 1 aliphatic rings. The fraction of sp³-hybridized carbons (Fsp3) is 0.238. The lowest BCUT2D eigenvalue weighted by Gasteiger charge is -2.08. The zero-order valence-electron chi connectivity index (χ0n) is 16.1. The fourth-order valence-corrected chi connectivity index (χ4v) is 3.60. The van der Waals surface area contributed by atoms with Gasteiger partial charge in [-0.2, -0.15) is 0 Å². The second-order valence-electron chi connectivity index (χ2n) is 6.40. The number of ether oxygens (including phenoxy) is 1. The van der Waals surface area contributed by atoms with E-state index in [0.717, 1.165) is 11.3 Å². The average Bonchev–Trinajstić information content (AvgIpc) is 3.03. The number of rotatable bonds is 6. The number of aliphatic imine (C=N–C) groups is 1. The molecule has 1 fully saturated rings. The molecule has 1 aliphatic heterocycles. The molecule has 1 unspecified atom stereocenters. The highest BCUT2D eigenvalue weighted by atomic mass is 32.2. The number of amides is 2. The van der Waals surface area contributed by atoms with E-state index in [0.29, 0.717) is 23.0 Å². The van der Waals surface area contributed by atoms with Crippen molar-refractivity contribution in [1.29, 1.82) is 0 Å². The smallest absolute Gasteiger partial charge is 0.338 e. The summed E-state index contributed by atoms with van der Waals surface area (Å²) in [6.07, 6.45) is 0.0169. The average molecular weight is 411 g/mol. The van der Waals surface area contributed by atoms with Gasteiger partial charge in [0, 0.05) is 12.1 Å². The first-order valence-electron chi connectivity index (χ1n) is 9.14. The van der Waals surface area contributed by atoms with Crippen molar-refractivity contribution in [1.82, 2.24) is 5.32 Å². The Bertz CT molecular complexity index is 939. The largest absolute Gasteiger partial charge is 0.462 e. The maximum atomic E-state index is 12.3. The van der Waals surface area contributed by atoms with E-state index in [9.17, 15) is 14.4 Å². The van der Waals surface area contributed by atoms with E-state index in [2.05, 4.69) is 15.6 Å². The standard InChI is InChI=1S/C21H21N3O4S/c1-3-28-20(27)14-6-10-15(11-7-14)22-18(25)12-17-19(26)24-21(29-17)23-16-8-4-13(2)5-9-16/h4-11,17H,3,12H2,1-2H3,(H,22,25)(H,23,24,26). The second-order valence-corrected chi connectivity index (χ2v) is 7.59. The third-order valence-electron chi connectivity index (χ3n) is 4.09. The molecule has 2 aromatic carbocycles. The maximum Gasteiger partial charge on any atom is 0.338 e. The molecule has 2 aromatic rings. The van der Waals surface area contributed by atoms with Gasteiger partial charge in [0.05, 0.1) is 17.9 Å². The van der Waals surface area contributed by atoms with Crippen LogP contribution >= 0.6 is 11.8 Å². The SMILES string of the molecule is CCOC(=O)c1ccc(NC(=O)CC2SC(=Nc3ccc(C)cc3)NC2=O)cc1. The van der Waals surface area contributed by atoms with Crippen LogP contribution in [-0.4, -0.2) is 34.8 Å². The van der Waals surface area contributed by atoms with Gasteiger partial charge in [-0.3, -0.25) is 9.59 Å². The number of thioether (sulfide) groups is 1. The van der Waals surface area contributed by atoms with Gasteiger partial charge in [0.2, 0.25) is 11.8 Å². The molecular formula is C21H21N3O4S. The van der Waals surface area contributed by atoms with E-state index < -0.39 is 11.2 Å². The highest BCUT2D eigenvalue weighted by Crippen LogP contribution is 2.25. The molecule has 150 valence electrons. The van der Waals surface area contributed by atoms with Crippen LogP contribution in [-0.2, 0) is 14.3 Å². The van der Waals surface area contributed by atoms with E-state index in [4.69, 9.17) is 4.74 Å². The molecule has 0 aliphatic carbocycles. The number of esters is 1. The Morgan fingerprint density at radius 3 is 2.48 bits per heavy atom. The third kappa shape index (κ3) is 5.68. The van der Waals surface area contributed by atoms with Gasteiger partial charge in [0.15, 0.2) is 5.17 Å². The zero-order chi connectivity index (χ0) is 20.8. The van der Waals surface area contributed by atoms with Crippen LogP contribution in [0, 0.1) is 6.92 Å². The topological polar surface area (TPSA) is 96.9 Å². The van der Waals surface area contributed by atoms with E-state index in [1.807, 2.05) is 31.2 Å². The zero-order valence-corrected chi connectivity index (χ0v) is 16.9. The molecule has 1 saturated heterocycles. The summed E-state index contributed by atoms with van der Waals surface area (Å²) in [7, 11) is 0. The number of carbonyl (C=O) groups excluding carboxylic acids is 3. The van der Waals surface area contributed by atoms with Gasteiger partial charge >= 0.3 is 5.97 Å². The number of hydrogen-bond donors (Lipinski definition) is 2. The number of hydrogen-bond acceptors (Lipinski definition) is 6. The minimum absolute atomic E-state index is 0.0169. The van der Waals surface area contributed by atoms with Crippen LogP contribution in [0.4, 0.5) is 11.4 Å². The maximum absolute atomic E-state index is 12.3. The number of carbonyl (C=O) groups is 3. The van der Waals surface area contributed by atoms with E-state index in [-0.39, 0.29) is 18.2 Å². The van der Waals surface area contributed by atoms with Gasteiger partial charge in [-0.1, -0.05) is 29.5 Å². The van der Waals surface area contributed by atoms with Crippen molar-refractivity contribution in [2.45, 2.75) is 25.5 Å². The van der Waals surface area contributed by atoms with E-state index >= 15 is 0 Å². The minimum atomic E-state index is -0.544. The predicted molar refractivity (Wildman–Crippen MR) is 113 cm³/mol. The van der Waals surface area contributed by atoms with Crippen LogP contribution in [0.15, 0.2) is 53.5 Å². The summed E-state index contributed by atoms with van der Waals surface area (Å²) in [5, 5.41) is 5.38. The Hall–Kier alpha value is -3.13. The lowest BCUT2D eigenvalue weighted by Crippen LogP contribution is -2.28. The van der Waals surface area contributed by atoms with Crippen LogP contribution in [0.3, 0.4) is 0 Å². The van der Waals surface area contributed by atoms with Crippen molar-refractivity contribution in [2.75, 3.05) is 11.9 Å². The Morgan fingerprint density at radius 1 is 1.14 bits per heavy atom. The van der Waals surface area contributed by atoms with Crippen LogP contribution < -0.4 is 10.6 Å². The van der Waals surface area contributed by atoms with Crippen molar-refractivity contribution in [2.24, 2.45) is 4.99 Å². The molecule has 2 amide bonds. The van der Waals surface area contributed by atoms with E-state index in [1.54, 1.807) is 31.2 Å². The minimum Gasteiger partial charge on any atom is -0.462 e. The van der Waals surface area contributed by atoms with Crippen LogP contribution in [0.1, 0.15) is 29.3 Å². The molecule has 0 bridgehead atoms. The highest BCUT2D eigenvalue weighted by Gasteiger charge is 2.32. The predicted octanol–water partition coefficient (Wildman–Crippen LogP) is 3.42. The molecule has 2 N–H and O–H groups in total. The highest BCUT2D eigenvalue weighted by molar-refractivity contribution is 8.15. The number of aryl methyl sites for hydroxylation is 1. The van der Waals surface area contributed by atoms with Crippen molar-refractivity contribution in [3.05, 3.63) is 59.7 Å². The first-order valence-corrected chi connectivity index (χ1v) is 10.0. The first-order chi connectivity index (χ1) is 13.9. The molecule has 1 heterocycles.